The van der Waals surface area contributed by atoms with Gasteiger partial charge in [0.25, 0.3) is 0 Å². The van der Waals surface area contributed by atoms with E-state index in [1.54, 1.807) is 0 Å². The van der Waals surface area contributed by atoms with Crippen LogP contribution < -0.4 is 5.32 Å². The fourth-order valence-corrected chi connectivity index (χ4v) is 3.64. The van der Waals surface area contributed by atoms with Gasteiger partial charge in [-0.3, -0.25) is 9.69 Å². The van der Waals surface area contributed by atoms with Gasteiger partial charge in [-0.2, -0.15) is 0 Å². The summed E-state index contributed by atoms with van der Waals surface area (Å²) < 4.78 is 0. The van der Waals surface area contributed by atoms with Crippen LogP contribution in [-0.4, -0.2) is 30.4 Å². The van der Waals surface area contributed by atoms with Crippen LogP contribution >= 0.6 is 0 Å². The topological polar surface area (TPSA) is 32.3 Å². The molecule has 2 aromatic carbocycles. The summed E-state index contributed by atoms with van der Waals surface area (Å²) in [5.74, 6) is 0.119. The molecule has 26 heavy (non-hydrogen) atoms. The van der Waals surface area contributed by atoms with Crippen molar-refractivity contribution in [2.75, 3.05) is 25.0 Å². The van der Waals surface area contributed by atoms with Crippen LogP contribution in [0.4, 0.5) is 5.69 Å². The standard InChI is InChI=1S/C23H24N2O/c26-23-11-9-21-17-18(8-10-22(21)24-23)5-4-14-25-15-12-20(13-16-25)19-6-2-1-3-7-19/h1-8,10,12,17H,9,11,13-16H2,(H,24,26)/b5-4+. The van der Waals surface area contributed by atoms with E-state index < -0.39 is 0 Å². The van der Waals surface area contributed by atoms with Crippen LogP contribution in [0.2, 0.25) is 0 Å². The van der Waals surface area contributed by atoms with Crippen molar-refractivity contribution in [1.29, 1.82) is 0 Å². The number of nitrogens with one attached hydrogen (secondary N) is 1. The van der Waals surface area contributed by atoms with E-state index in [1.807, 2.05) is 6.07 Å². The molecule has 0 atom stereocenters. The van der Waals surface area contributed by atoms with Gasteiger partial charge < -0.3 is 5.32 Å². The molecule has 3 heteroatoms. The zero-order chi connectivity index (χ0) is 17.8. The summed E-state index contributed by atoms with van der Waals surface area (Å²) in [5, 5.41) is 2.93. The molecule has 3 nitrogen and oxygen atoms in total. The second-order valence-corrected chi connectivity index (χ2v) is 6.97. The lowest BCUT2D eigenvalue weighted by Crippen LogP contribution is -2.28. The van der Waals surface area contributed by atoms with E-state index in [0.717, 1.165) is 38.2 Å². The quantitative estimate of drug-likeness (QED) is 0.893. The number of nitrogens with zero attached hydrogens (tertiary/aromatic N) is 1. The molecule has 0 saturated heterocycles. The maximum atomic E-state index is 11.4. The Morgan fingerprint density at radius 1 is 1.04 bits per heavy atom. The molecular formula is C23H24N2O. The third-order valence-corrected chi connectivity index (χ3v) is 5.14. The minimum Gasteiger partial charge on any atom is -0.326 e. The predicted octanol–water partition coefficient (Wildman–Crippen LogP) is 4.37. The maximum absolute atomic E-state index is 11.4. The molecule has 132 valence electrons. The Balaban J connectivity index is 1.34. The van der Waals surface area contributed by atoms with Gasteiger partial charge in [0.05, 0.1) is 0 Å². The minimum atomic E-state index is 0.119. The van der Waals surface area contributed by atoms with Crippen LogP contribution in [0.25, 0.3) is 11.6 Å². The van der Waals surface area contributed by atoms with Crippen LogP contribution in [0.3, 0.4) is 0 Å². The zero-order valence-corrected chi connectivity index (χ0v) is 14.9. The molecule has 0 fully saturated rings. The number of benzene rings is 2. The second kappa shape index (κ2) is 7.71. The van der Waals surface area contributed by atoms with Crippen molar-refractivity contribution < 1.29 is 4.79 Å². The molecule has 0 aliphatic carbocycles. The Bertz CT molecular complexity index is 852. The van der Waals surface area contributed by atoms with Gasteiger partial charge in [0.15, 0.2) is 0 Å². The highest BCUT2D eigenvalue weighted by atomic mass is 16.1. The highest BCUT2D eigenvalue weighted by molar-refractivity contribution is 5.94. The summed E-state index contributed by atoms with van der Waals surface area (Å²) >= 11 is 0. The van der Waals surface area contributed by atoms with Crippen molar-refractivity contribution >= 4 is 23.2 Å². The lowest BCUT2D eigenvalue weighted by molar-refractivity contribution is -0.116. The smallest absolute Gasteiger partial charge is 0.224 e. The van der Waals surface area contributed by atoms with Gasteiger partial charge in [-0.25, -0.2) is 0 Å². The molecule has 4 rings (SSSR count). The molecular weight excluding hydrogens is 320 g/mol. The summed E-state index contributed by atoms with van der Waals surface area (Å²) in [7, 11) is 0. The first-order valence-electron chi connectivity index (χ1n) is 9.34. The molecule has 0 spiro atoms. The molecule has 0 saturated carbocycles. The first-order chi connectivity index (χ1) is 12.8. The number of carbonyl (C=O) groups is 1. The Morgan fingerprint density at radius 2 is 1.92 bits per heavy atom. The summed E-state index contributed by atoms with van der Waals surface area (Å²) in [6.07, 6.45) is 9.31. The number of anilines is 1. The summed E-state index contributed by atoms with van der Waals surface area (Å²) in [4.78, 5) is 13.9. The third-order valence-electron chi connectivity index (χ3n) is 5.14. The average Bonchev–Trinajstić information content (AvgIpc) is 2.69. The fraction of sp³-hybridized carbons (Fsp3) is 0.261. The number of amides is 1. The van der Waals surface area contributed by atoms with Gasteiger partial charge in [0.1, 0.15) is 0 Å². The Hall–Kier alpha value is -2.65. The number of fused-ring (bicyclic) bond motifs is 1. The van der Waals surface area contributed by atoms with E-state index >= 15 is 0 Å². The van der Waals surface area contributed by atoms with E-state index in [2.05, 4.69) is 70.9 Å². The van der Waals surface area contributed by atoms with Crippen LogP contribution in [0.15, 0.2) is 60.7 Å². The third kappa shape index (κ3) is 3.94. The van der Waals surface area contributed by atoms with E-state index in [4.69, 9.17) is 0 Å². The van der Waals surface area contributed by atoms with Crippen molar-refractivity contribution in [1.82, 2.24) is 4.90 Å². The first-order valence-corrected chi connectivity index (χ1v) is 9.34. The summed E-state index contributed by atoms with van der Waals surface area (Å²) in [5.41, 5.74) is 6.22. The molecule has 1 N–H and O–H groups in total. The largest absolute Gasteiger partial charge is 0.326 e. The number of rotatable bonds is 4. The van der Waals surface area contributed by atoms with Crippen molar-refractivity contribution in [2.24, 2.45) is 0 Å². The maximum Gasteiger partial charge on any atom is 0.224 e. The molecule has 2 aliphatic rings. The van der Waals surface area contributed by atoms with Gasteiger partial charge in [0.2, 0.25) is 5.91 Å². The van der Waals surface area contributed by atoms with Crippen LogP contribution in [-0.2, 0) is 11.2 Å². The van der Waals surface area contributed by atoms with Gasteiger partial charge in [-0.1, -0.05) is 54.6 Å². The number of hydrogen-bond acceptors (Lipinski definition) is 2. The van der Waals surface area contributed by atoms with E-state index in [1.165, 1.54) is 22.3 Å². The van der Waals surface area contributed by atoms with E-state index in [-0.39, 0.29) is 5.91 Å². The zero-order valence-electron chi connectivity index (χ0n) is 14.9. The minimum absolute atomic E-state index is 0.119. The molecule has 0 bridgehead atoms. The number of carbonyl (C=O) groups excluding carboxylic acids is 1. The summed E-state index contributed by atoms with van der Waals surface area (Å²) in [6.45, 7) is 3.07. The molecule has 2 heterocycles. The highest BCUT2D eigenvalue weighted by Crippen LogP contribution is 2.24. The van der Waals surface area contributed by atoms with E-state index in [9.17, 15) is 4.79 Å². The Kier molecular flexibility index (Phi) is 4.98. The molecule has 2 aromatic rings. The predicted molar refractivity (Wildman–Crippen MR) is 108 cm³/mol. The lowest BCUT2D eigenvalue weighted by atomic mass is 9.99. The number of hydrogen-bond donors (Lipinski definition) is 1. The highest BCUT2D eigenvalue weighted by Gasteiger charge is 2.14. The average molecular weight is 344 g/mol. The van der Waals surface area contributed by atoms with Crippen LogP contribution in [0.5, 0.6) is 0 Å². The Labute approximate surface area is 155 Å². The molecule has 0 unspecified atom stereocenters. The Morgan fingerprint density at radius 3 is 2.73 bits per heavy atom. The lowest BCUT2D eigenvalue weighted by Gasteiger charge is -2.25. The van der Waals surface area contributed by atoms with Gasteiger partial charge in [-0.15, -0.1) is 0 Å². The number of aryl methyl sites for hydroxylation is 1. The molecule has 0 radical (unpaired) electrons. The summed E-state index contributed by atoms with van der Waals surface area (Å²) in [6, 6.07) is 16.9. The van der Waals surface area contributed by atoms with Gasteiger partial charge in [0, 0.05) is 31.7 Å². The fourth-order valence-electron chi connectivity index (χ4n) is 3.64. The van der Waals surface area contributed by atoms with Crippen LogP contribution in [0, 0.1) is 0 Å². The van der Waals surface area contributed by atoms with Crippen LogP contribution in [0.1, 0.15) is 29.5 Å². The van der Waals surface area contributed by atoms with Gasteiger partial charge >= 0.3 is 0 Å². The molecule has 0 aromatic heterocycles. The SMILES string of the molecule is O=C1CCc2cc(/C=C/CN3CC=C(c4ccccc4)CC3)ccc2N1. The van der Waals surface area contributed by atoms with Gasteiger partial charge in [-0.05, 0) is 47.2 Å². The van der Waals surface area contributed by atoms with Crippen molar-refractivity contribution in [3.8, 4) is 0 Å². The molecule has 2 aliphatic heterocycles. The first kappa shape index (κ1) is 16.8. The van der Waals surface area contributed by atoms with Crippen molar-refractivity contribution in [3.05, 3.63) is 77.4 Å². The molecule has 1 amide bonds. The normalized spacial score (nSPS) is 17.7. The van der Waals surface area contributed by atoms with Crippen molar-refractivity contribution in [2.45, 2.75) is 19.3 Å². The monoisotopic (exact) mass is 344 g/mol. The van der Waals surface area contributed by atoms with Crippen molar-refractivity contribution in [3.63, 3.8) is 0 Å². The second-order valence-electron chi connectivity index (χ2n) is 6.97. The van der Waals surface area contributed by atoms with E-state index in [0.29, 0.717) is 6.42 Å².